The Balaban J connectivity index is 1.93. The van der Waals surface area contributed by atoms with Crippen LogP contribution in [0.5, 0.6) is 11.5 Å². The molecule has 280 valence electrons. The Morgan fingerprint density at radius 3 is 1.94 bits per heavy atom. The van der Waals surface area contributed by atoms with Gasteiger partial charge in [0.25, 0.3) is 12.3 Å². The fourth-order valence-electron chi connectivity index (χ4n) is 3.57. The van der Waals surface area contributed by atoms with Crippen LogP contribution in [-0.2, 0) is 64.1 Å². The summed E-state index contributed by atoms with van der Waals surface area (Å²) < 4.78 is 115. The van der Waals surface area contributed by atoms with Gasteiger partial charge in [-0.05, 0) is 42.5 Å². The van der Waals surface area contributed by atoms with E-state index in [1.807, 2.05) is 0 Å². The first-order valence-corrected chi connectivity index (χ1v) is 19.7. The number of nitrogens with two attached hydrogens (primary N) is 2. The van der Waals surface area contributed by atoms with Crippen molar-refractivity contribution in [2.45, 2.75) is 9.79 Å². The van der Waals surface area contributed by atoms with Crippen LogP contribution >= 0.6 is 12.3 Å². The maximum absolute atomic E-state index is 12.8. The van der Waals surface area contributed by atoms with Crippen LogP contribution in [0.25, 0.3) is 0 Å². The first-order valence-electron chi connectivity index (χ1n) is 13.1. The molecule has 0 bridgehead atoms. The smallest absolute Gasteiger partial charge is 0.397 e. The molecule has 3 aromatic carbocycles. The second kappa shape index (κ2) is 18.5. The van der Waals surface area contributed by atoms with Crippen LogP contribution in [0.4, 0.5) is 34.1 Å². The van der Waals surface area contributed by atoms with Gasteiger partial charge < -0.3 is 20.4 Å². The molecule has 0 spiro atoms. The molecule has 0 aliphatic heterocycles. The average molecular weight is 819 g/mol. The molecule has 0 heterocycles. The molecule has 28 heteroatoms. The van der Waals surface area contributed by atoms with Crippen molar-refractivity contribution in [2.75, 3.05) is 42.4 Å². The lowest BCUT2D eigenvalue weighted by Gasteiger charge is -2.09. The minimum absolute atomic E-state index is 0.000673. The van der Waals surface area contributed by atoms with Crippen LogP contribution in [0.1, 0.15) is 0 Å². The van der Waals surface area contributed by atoms with Crippen molar-refractivity contribution < 1.29 is 76.4 Å². The molecule has 0 aliphatic rings. The molecule has 1 atom stereocenters. The largest absolute Gasteiger partial charge is 0.494 e. The lowest BCUT2D eigenvalue weighted by Crippen LogP contribution is -2.15. The molecule has 3 aromatic rings. The van der Waals surface area contributed by atoms with Gasteiger partial charge in [0.15, 0.2) is 36.5 Å². The normalized spacial score (nSPS) is 13.2. The third kappa shape index (κ3) is 12.7. The summed E-state index contributed by atoms with van der Waals surface area (Å²) in [6, 6.07) is 9.35. The van der Waals surface area contributed by atoms with Gasteiger partial charge in [-0.3, -0.25) is 4.55 Å². The molecule has 0 saturated carbocycles. The Labute approximate surface area is 295 Å². The number of nitrogens with zero attached hydrogens (tertiary/aromatic N) is 4. The van der Waals surface area contributed by atoms with Crippen molar-refractivity contribution in [1.82, 2.24) is 0 Å². The zero-order chi connectivity index (χ0) is 37.8. The quantitative estimate of drug-likeness (QED) is 0.0207. The summed E-state index contributed by atoms with van der Waals surface area (Å²) in [5, 5.41) is 39.4. The fraction of sp³-hybridized carbons (Fsp3) is 0.217. The van der Waals surface area contributed by atoms with Crippen LogP contribution < -0.4 is 20.4 Å². The second-order valence-corrected chi connectivity index (χ2v) is 16.1. The van der Waals surface area contributed by atoms with E-state index >= 15 is 0 Å². The van der Waals surface area contributed by atoms with Crippen molar-refractivity contribution in [3.8, 4) is 11.5 Å². The number of nitrogen functional groups attached to an aromatic ring is 2. The van der Waals surface area contributed by atoms with Crippen LogP contribution in [0.2, 0.25) is 0 Å². The zero-order valence-corrected chi connectivity index (χ0v) is 29.6. The minimum Gasteiger partial charge on any atom is -0.494 e. The lowest BCUT2D eigenvalue weighted by molar-refractivity contribution is -0.434. The minimum atomic E-state index is -4.89. The van der Waals surface area contributed by atoms with Gasteiger partial charge in [-0.2, -0.15) is 8.42 Å². The molecule has 0 saturated heterocycles. The van der Waals surface area contributed by atoms with E-state index in [2.05, 4.69) is 43.4 Å². The van der Waals surface area contributed by atoms with Crippen LogP contribution in [-0.4, -0.2) is 75.5 Å². The van der Waals surface area contributed by atoms with Crippen LogP contribution in [0.3, 0.4) is 0 Å². The first-order chi connectivity index (χ1) is 24.0. The summed E-state index contributed by atoms with van der Waals surface area (Å²) in [5.74, 6) is -2.23. The predicted octanol–water partition coefficient (Wildman–Crippen LogP) is 3.51. The van der Waals surface area contributed by atoms with E-state index in [1.165, 1.54) is 31.4 Å². The third-order valence-electron chi connectivity index (χ3n) is 5.90. The molecule has 51 heavy (non-hydrogen) atoms. The molecule has 0 aliphatic carbocycles. The highest BCUT2D eigenvalue weighted by Crippen LogP contribution is 2.39. The van der Waals surface area contributed by atoms with E-state index < -0.39 is 69.9 Å². The number of hydrogen-bond donors (Lipinski definition) is 5. The number of benzene rings is 3. The lowest BCUT2D eigenvalue weighted by atomic mass is 10.2. The average Bonchev–Trinajstić information content (AvgIpc) is 3.06. The molecule has 0 amide bonds. The van der Waals surface area contributed by atoms with E-state index in [1.54, 1.807) is 0 Å². The van der Waals surface area contributed by atoms with Gasteiger partial charge in [-0.15, -0.1) is 24.8 Å². The van der Waals surface area contributed by atoms with Crippen molar-refractivity contribution >= 4 is 87.6 Å². The Morgan fingerprint density at radius 2 is 1.33 bits per heavy atom. The standard InChI is InChI=1S/C23H26N6O17S5/c1-40-22-5-3-14(50(35,36)9-7-48(32)46-44-31)10-21(22)29-28-20-13-19(16(24)12-17(20)25)27-26-18-4-2-15(11-23(18)42-47-45-43-30)49(33,34)8-6-41-51(37,38)39/h2-5,10-13,30-31H,6-9,24-25H2,1H3,(H,37,38,39)/b27-26+,29-28+. The molecule has 0 radical (unpaired) electrons. The molecular formula is C23H26N6O17S5. The fourth-order valence-corrected chi connectivity index (χ4v) is 7.69. The number of azo groups is 2. The van der Waals surface area contributed by atoms with Gasteiger partial charge >= 0.3 is 10.4 Å². The van der Waals surface area contributed by atoms with E-state index in [-0.39, 0.29) is 62.8 Å². The molecule has 7 N–H and O–H groups in total. The summed E-state index contributed by atoms with van der Waals surface area (Å²) in [7, 11) is -11.8. The Kier molecular flexibility index (Phi) is 15.1. The molecule has 23 nitrogen and oxygen atoms in total. The maximum Gasteiger partial charge on any atom is 0.397 e. The number of hydrogen-bond acceptors (Lipinski definition) is 23. The van der Waals surface area contributed by atoms with Crippen LogP contribution in [0.15, 0.2) is 78.8 Å². The van der Waals surface area contributed by atoms with Crippen LogP contribution in [0, 0.1) is 0 Å². The van der Waals surface area contributed by atoms with Gasteiger partial charge in [0.05, 0.1) is 52.1 Å². The molecule has 0 fully saturated rings. The van der Waals surface area contributed by atoms with Crippen molar-refractivity contribution in [1.29, 1.82) is 0 Å². The van der Waals surface area contributed by atoms with Gasteiger partial charge in [0.1, 0.15) is 28.5 Å². The Bertz CT molecular complexity index is 2120. The zero-order valence-electron chi connectivity index (χ0n) is 25.5. The van der Waals surface area contributed by atoms with Gasteiger partial charge in [0, 0.05) is 6.07 Å². The number of ether oxygens (including phenoxy) is 1. The predicted molar refractivity (Wildman–Crippen MR) is 175 cm³/mol. The molecule has 1 unspecified atom stereocenters. The van der Waals surface area contributed by atoms with E-state index in [9.17, 15) is 29.5 Å². The van der Waals surface area contributed by atoms with E-state index in [0.717, 1.165) is 24.3 Å². The summed E-state index contributed by atoms with van der Waals surface area (Å²) >= 11 is -2.20. The van der Waals surface area contributed by atoms with E-state index in [0.29, 0.717) is 0 Å². The van der Waals surface area contributed by atoms with Gasteiger partial charge in [-0.25, -0.2) is 35.7 Å². The second-order valence-electron chi connectivity index (χ2n) is 9.16. The monoisotopic (exact) mass is 818 g/mol. The summed E-state index contributed by atoms with van der Waals surface area (Å²) in [4.78, 5) is -0.639. The first kappa shape index (κ1) is 41.5. The molecule has 3 rings (SSSR count). The van der Waals surface area contributed by atoms with E-state index in [4.69, 9.17) is 35.5 Å². The third-order valence-corrected chi connectivity index (χ3v) is 11.1. The van der Waals surface area contributed by atoms with Crippen molar-refractivity contribution in [3.05, 3.63) is 48.5 Å². The topological polar surface area (TPSA) is 346 Å². The highest BCUT2D eigenvalue weighted by molar-refractivity contribution is 7.92. The molecular weight excluding hydrogens is 793 g/mol. The van der Waals surface area contributed by atoms with Gasteiger partial charge in [-0.1, -0.05) is 14.4 Å². The number of rotatable bonds is 20. The van der Waals surface area contributed by atoms with Gasteiger partial charge in [0.2, 0.25) is 0 Å². The highest BCUT2D eigenvalue weighted by Gasteiger charge is 2.21. The SMILES string of the molecule is COc1ccc(S(=O)(=O)CCS(=O)OOO)cc1/N=N/c1cc(/N=N/c2ccc(S(=O)(=O)CCOS(=O)(=O)O)cc2OSOOO)c(N)cc1N. The molecule has 0 aromatic heterocycles. The Hall–Kier alpha value is -3.91. The summed E-state index contributed by atoms with van der Waals surface area (Å²) in [6.07, 6.45) is 0. The summed E-state index contributed by atoms with van der Waals surface area (Å²) in [6.45, 7) is -0.899. The highest BCUT2D eigenvalue weighted by atomic mass is 32.3. The summed E-state index contributed by atoms with van der Waals surface area (Å²) in [5.41, 5.74) is 11.9. The van der Waals surface area contributed by atoms with Crippen molar-refractivity contribution in [2.24, 2.45) is 20.5 Å². The number of sulfone groups is 2. The Morgan fingerprint density at radius 1 is 0.745 bits per heavy atom. The number of anilines is 2. The maximum atomic E-state index is 12.8. The van der Waals surface area contributed by atoms with Crippen molar-refractivity contribution in [3.63, 3.8) is 0 Å². The number of methoxy groups -OCH3 is 1.